The maximum atomic E-state index is 14.7. The van der Waals surface area contributed by atoms with E-state index in [1.165, 1.54) is 36.5 Å². The van der Waals surface area contributed by atoms with E-state index in [0.29, 0.717) is 6.07 Å². The van der Waals surface area contributed by atoms with Gasteiger partial charge in [-0.2, -0.15) is 5.26 Å². The SMILES string of the molecule is CN1CC(=O)N(c2cc(C#N)ccn2)[C@H](C(=O)N(c2cc(F)cc(F)c2)[C@H](C(=O)NC2CC(F)(F)C2)c2ccccc2Cl)C1. The molecule has 9 nitrogen and oxygen atoms in total. The summed E-state index contributed by atoms with van der Waals surface area (Å²) in [5.41, 5.74) is -0.184. The lowest BCUT2D eigenvalue weighted by Gasteiger charge is -2.42. The van der Waals surface area contributed by atoms with E-state index in [1.54, 1.807) is 18.0 Å². The van der Waals surface area contributed by atoms with E-state index < -0.39 is 66.2 Å². The molecule has 3 aromatic rings. The van der Waals surface area contributed by atoms with Crippen molar-refractivity contribution in [2.24, 2.45) is 0 Å². The van der Waals surface area contributed by atoms with Gasteiger partial charge in [-0.25, -0.2) is 22.5 Å². The molecule has 0 unspecified atom stereocenters. The van der Waals surface area contributed by atoms with E-state index in [0.717, 1.165) is 21.9 Å². The molecule has 1 aromatic heterocycles. The lowest BCUT2D eigenvalue weighted by Crippen LogP contribution is -2.63. The minimum Gasteiger partial charge on any atom is -0.351 e. The first-order chi connectivity index (χ1) is 20.9. The molecule has 228 valence electrons. The molecule has 1 saturated heterocycles. The number of halogens is 5. The maximum Gasteiger partial charge on any atom is 0.252 e. The quantitative estimate of drug-likeness (QED) is 0.393. The summed E-state index contributed by atoms with van der Waals surface area (Å²) < 4.78 is 56.6. The van der Waals surface area contributed by atoms with Crippen molar-refractivity contribution in [3.05, 3.63) is 88.6 Å². The van der Waals surface area contributed by atoms with Crippen LogP contribution >= 0.6 is 11.6 Å². The molecule has 0 bridgehead atoms. The van der Waals surface area contributed by atoms with Gasteiger partial charge in [0.2, 0.25) is 11.8 Å². The molecule has 14 heteroatoms. The second-order valence-electron chi connectivity index (χ2n) is 10.7. The summed E-state index contributed by atoms with van der Waals surface area (Å²) in [6.45, 7) is -0.218. The van der Waals surface area contributed by atoms with Gasteiger partial charge >= 0.3 is 0 Å². The number of hydrogen-bond donors (Lipinski definition) is 1. The number of nitrogens with zero attached hydrogens (tertiary/aromatic N) is 5. The standard InChI is InChI=1S/C30H25ClF4N6O3/c1-39-15-24(41(26(42)16-39)25-8-17(14-36)6-7-37-25)29(44)40(21-10-18(32)9-19(33)11-21)27(22-4-2-3-5-23(22)31)28(43)38-20-12-30(34,35)13-20/h2-11,20,24,27H,12-13,15-16H2,1H3,(H,38,43)/t24-,27-/m0/s1. The normalized spacial score (nSPS) is 19.1. The monoisotopic (exact) mass is 628 g/mol. The van der Waals surface area contributed by atoms with Gasteiger partial charge in [-0.05, 0) is 37.4 Å². The Hall–Kier alpha value is -4.54. The first kappa shape index (κ1) is 30.9. The van der Waals surface area contributed by atoms with E-state index >= 15 is 0 Å². The zero-order valence-corrected chi connectivity index (χ0v) is 23.9. The van der Waals surface area contributed by atoms with Crippen LogP contribution in [0.15, 0.2) is 60.8 Å². The van der Waals surface area contributed by atoms with Crippen molar-refractivity contribution in [2.45, 2.75) is 36.9 Å². The number of nitrogens with one attached hydrogen (secondary N) is 1. The minimum atomic E-state index is -2.97. The lowest BCUT2D eigenvalue weighted by molar-refractivity contribution is -0.133. The third kappa shape index (κ3) is 6.36. The van der Waals surface area contributed by atoms with Gasteiger partial charge in [0.1, 0.15) is 29.5 Å². The fraction of sp³-hybridized carbons (Fsp3) is 0.300. The molecule has 5 rings (SSSR count). The molecule has 2 aliphatic rings. The Kier molecular flexibility index (Phi) is 8.58. The van der Waals surface area contributed by atoms with Gasteiger partial charge in [0, 0.05) is 48.3 Å². The van der Waals surface area contributed by atoms with Crippen molar-refractivity contribution in [1.82, 2.24) is 15.2 Å². The fourth-order valence-electron chi connectivity index (χ4n) is 5.40. The maximum absolute atomic E-state index is 14.7. The minimum absolute atomic E-state index is 0.0124. The Bertz CT molecular complexity index is 1640. The Morgan fingerprint density at radius 2 is 1.82 bits per heavy atom. The molecule has 2 atom stereocenters. The van der Waals surface area contributed by atoms with Crippen molar-refractivity contribution in [3.63, 3.8) is 0 Å². The van der Waals surface area contributed by atoms with Crippen LogP contribution in [-0.4, -0.2) is 65.7 Å². The number of anilines is 2. The first-order valence-electron chi connectivity index (χ1n) is 13.5. The zero-order valence-electron chi connectivity index (χ0n) is 23.2. The predicted octanol–water partition coefficient (Wildman–Crippen LogP) is 4.22. The van der Waals surface area contributed by atoms with E-state index in [9.17, 15) is 37.2 Å². The van der Waals surface area contributed by atoms with Crippen molar-refractivity contribution in [3.8, 4) is 6.07 Å². The number of aromatic nitrogens is 1. The van der Waals surface area contributed by atoms with Crippen LogP contribution in [-0.2, 0) is 14.4 Å². The van der Waals surface area contributed by atoms with Gasteiger partial charge in [0.25, 0.3) is 11.8 Å². The van der Waals surface area contributed by atoms with E-state index in [2.05, 4.69) is 10.3 Å². The second-order valence-corrected chi connectivity index (χ2v) is 11.1. The molecule has 0 radical (unpaired) electrons. The lowest BCUT2D eigenvalue weighted by atomic mass is 9.87. The molecule has 3 amide bonds. The number of pyridine rings is 1. The third-order valence-electron chi connectivity index (χ3n) is 7.38. The number of nitriles is 1. The molecule has 1 saturated carbocycles. The highest BCUT2D eigenvalue weighted by atomic mass is 35.5. The molecule has 2 heterocycles. The van der Waals surface area contributed by atoms with Gasteiger partial charge in [-0.1, -0.05) is 29.8 Å². The smallest absolute Gasteiger partial charge is 0.252 e. The number of rotatable bonds is 7. The zero-order chi connectivity index (χ0) is 31.8. The summed E-state index contributed by atoms with van der Waals surface area (Å²) in [6.07, 6.45) is 0.0232. The number of hydrogen-bond acceptors (Lipinski definition) is 6. The number of amides is 3. The fourth-order valence-corrected chi connectivity index (χ4v) is 5.64. The number of piperazine rings is 1. The number of benzene rings is 2. The van der Waals surface area contributed by atoms with Gasteiger partial charge in [0.05, 0.1) is 23.9 Å². The van der Waals surface area contributed by atoms with Crippen LogP contribution in [0.25, 0.3) is 0 Å². The number of carbonyl (C=O) groups is 3. The van der Waals surface area contributed by atoms with Crippen LogP contribution in [0.5, 0.6) is 0 Å². The molecule has 1 N–H and O–H groups in total. The Balaban J connectivity index is 1.66. The summed E-state index contributed by atoms with van der Waals surface area (Å²) in [4.78, 5) is 49.6. The van der Waals surface area contributed by atoms with Crippen molar-refractivity contribution < 1.29 is 31.9 Å². The summed E-state index contributed by atoms with van der Waals surface area (Å²) in [5.74, 6) is -7.57. The largest absolute Gasteiger partial charge is 0.351 e. The van der Waals surface area contributed by atoms with Crippen molar-refractivity contribution in [1.29, 1.82) is 5.26 Å². The molecule has 1 aliphatic heterocycles. The van der Waals surface area contributed by atoms with Crippen LogP contribution in [0.3, 0.4) is 0 Å². The summed E-state index contributed by atoms with van der Waals surface area (Å²) >= 11 is 6.48. The average molecular weight is 629 g/mol. The molecule has 2 aromatic carbocycles. The van der Waals surface area contributed by atoms with E-state index in [4.69, 9.17) is 11.6 Å². The van der Waals surface area contributed by atoms with E-state index in [-0.39, 0.29) is 40.7 Å². The summed E-state index contributed by atoms with van der Waals surface area (Å²) in [6, 6.07) is 8.82. The van der Waals surface area contributed by atoms with Gasteiger partial charge in [-0.3, -0.25) is 29.1 Å². The van der Waals surface area contributed by atoms with Gasteiger partial charge in [-0.15, -0.1) is 0 Å². The molecule has 2 fully saturated rings. The summed E-state index contributed by atoms with van der Waals surface area (Å²) in [5, 5.41) is 11.9. The Labute approximate surface area is 254 Å². The van der Waals surface area contributed by atoms with Gasteiger partial charge in [0.15, 0.2) is 0 Å². The molecular weight excluding hydrogens is 604 g/mol. The van der Waals surface area contributed by atoms with Gasteiger partial charge < -0.3 is 5.32 Å². The van der Waals surface area contributed by atoms with Crippen LogP contribution < -0.4 is 15.1 Å². The van der Waals surface area contributed by atoms with Crippen LogP contribution in [0.2, 0.25) is 5.02 Å². The molecule has 0 spiro atoms. The Morgan fingerprint density at radius 1 is 1.14 bits per heavy atom. The van der Waals surface area contributed by atoms with Crippen LogP contribution in [0, 0.1) is 23.0 Å². The molecule has 44 heavy (non-hydrogen) atoms. The predicted molar refractivity (Wildman–Crippen MR) is 152 cm³/mol. The molecule has 1 aliphatic carbocycles. The topological polar surface area (TPSA) is 110 Å². The highest BCUT2D eigenvalue weighted by molar-refractivity contribution is 6.31. The molecular formula is C30H25ClF4N6O3. The Morgan fingerprint density at radius 3 is 2.45 bits per heavy atom. The second kappa shape index (κ2) is 12.2. The number of alkyl halides is 2. The van der Waals surface area contributed by atoms with Crippen molar-refractivity contribution >= 4 is 40.8 Å². The number of likely N-dealkylation sites (N-methyl/N-ethyl adjacent to an activating group) is 1. The van der Waals surface area contributed by atoms with Crippen molar-refractivity contribution in [2.75, 3.05) is 29.9 Å². The first-order valence-corrected chi connectivity index (χ1v) is 13.8. The highest BCUT2D eigenvalue weighted by Gasteiger charge is 2.48. The van der Waals surface area contributed by atoms with Crippen LogP contribution in [0.1, 0.15) is 30.0 Å². The highest BCUT2D eigenvalue weighted by Crippen LogP contribution is 2.39. The third-order valence-corrected chi connectivity index (χ3v) is 7.73. The average Bonchev–Trinajstić information content (AvgIpc) is 2.94. The number of carbonyl (C=O) groups excluding carboxylic acids is 3. The van der Waals surface area contributed by atoms with E-state index in [1.807, 2.05) is 6.07 Å². The van der Waals surface area contributed by atoms with Crippen LogP contribution in [0.4, 0.5) is 29.1 Å². The summed E-state index contributed by atoms with van der Waals surface area (Å²) in [7, 11) is 1.58.